The zero-order valence-corrected chi connectivity index (χ0v) is 12.4. The van der Waals surface area contributed by atoms with Crippen molar-refractivity contribution in [3.63, 3.8) is 0 Å². The molecule has 0 unspecified atom stereocenters. The molecule has 0 amide bonds. The molecule has 0 aliphatic carbocycles. The number of H-pyrrole nitrogens is 1. The van der Waals surface area contributed by atoms with Crippen LogP contribution in [0.15, 0.2) is 15.3 Å². The van der Waals surface area contributed by atoms with Gasteiger partial charge in [-0.25, -0.2) is 0 Å². The van der Waals surface area contributed by atoms with E-state index in [4.69, 9.17) is 23.2 Å². The standard InChI is InChI=1S/C12H10BrCl2NO/c1-3-8-5(2)12(17)6-4-7(13)9(14)10(15)11(6)16-8/h4H,3H2,1-2H3,(H,16,17). The summed E-state index contributed by atoms with van der Waals surface area (Å²) in [4.78, 5) is 15.4. The first kappa shape index (κ1) is 12.9. The first-order valence-electron chi connectivity index (χ1n) is 5.16. The number of fused-ring (bicyclic) bond motifs is 1. The third-order valence-electron chi connectivity index (χ3n) is 2.83. The van der Waals surface area contributed by atoms with Crippen LogP contribution in [0.1, 0.15) is 18.2 Å². The molecule has 1 N–H and O–H groups in total. The molecule has 1 aromatic carbocycles. The maximum atomic E-state index is 12.2. The Morgan fingerprint density at radius 1 is 1.35 bits per heavy atom. The first-order chi connectivity index (χ1) is 7.97. The lowest BCUT2D eigenvalue weighted by Crippen LogP contribution is -2.11. The second kappa shape index (κ2) is 4.63. The number of aryl methyl sites for hydroxylation is 1. The van der Waals surface area contributed by atoms with Gasteiger partial charge in [-0.2, -0.15) is 0 Å². The summed E-state index contributed by atoms with van der Waals surface area (Å²) in [5.74, 6) is 0. The van der Waals surface area contributed by atoms with Crippen LogP contribution >= 0.6 is 39.1 Å². The Labute approximate surface area is 117 Å². The van der Waals surface area contributed by atoms with Crippen LogP contribution in [0.3, 0.4) is 0 Å². The predicted octanol–water partition coefficient (Wildman–Crippen LogP) is 4.47. The fourth-order valence-corrected chi connectivity index (χ4v) is 2.77. The van der Waals surface area contributed by atoms with Crippen molar-refractivity contribution in [3.8, 4) is 0 Å². The van der Waals surface area contributed by atoms with E-state index < -0.39 is 0 Å². The van der Waals surface area contributed by atoms with Gasteiger partial charge in [0, 0.05) is 21.1 Å². The van der Waals surface area contributed by atoms with Gasteiger partial charge < -0.3 is 4.98 Å². The van der Waals surface area contributed by atoms with E-state index in [0.29, 0.717) is 25.4 Å². The lowest BCUT2D eigenvalue weighted by atomic mass is 10.1. The van der Waals surface area contributed by atoms with Crippen molar-refractivity contribution in [2.75, 3.05) is 0 Å². The van der Waals surface area contributed by atoms with Gasteiger partial charge in [-0.3, -0.25) is 4.79 Å². The van der Waals surface area contributed by atoms with Crippen molar-refractivity contribution in [2.24, 2.45) is 0 Å². The fourth-order valence-electron chi connectivity index (χ4n) is 1.83. The Hall–Kier alpha value is -0.510. The average Bonchev–Trinajstić information content (AvgIpc) is 2.32. The van der Waals surface area contributed by atoms with Crippen LogP contribution in [0.5, 0.6) is 0 Å². The molecule has 2 rings (SSSR count). The highest BCUT2D eigenvalue weighted by Crippen LogP contribution is 2.35. The number of halogens is 3. The summed E-state index contributed by atoms with van der Waals surface area (Å²) >= 11 is 15.5. The van der Waals surface area contributed by atoms with E-state index in [-0.39, 0.29) is 5.43 Å². The topological polar surface area (TPSA) is 32.9 Å². The molecular weight excluding hydrogens is 325 g/mol. The number of benzene rings is 1. The molecule has 0 radical (unpaired) electrons. The van der Waals surface area contributed by atoms with E-state index in [1.807, 2.05) is 13.8 Å². The summed E-state index contributed by atoms with van der Waals surface area (Å²) in [7, 11) is 0. The number of hydrogen-bond donors (Lipinski definition) is 1. The summed E-state index contributed by atoms with van der Waals surface area (Å²) in [5.41, 5.74) is 2.22. The fraction of sp³-hybridized carbons (Fsp3) is 0.250. The zero-order chi connectivity index (χ0) is 12.7. The van der Waals surface area contributed by atoms with Gasteiger partial charge in [0.05, 0.1) is 15.6 Å². The van der Waals surface area contributed by atoms with Crippen LogP contribution in [0.4, 0.5) is 0 Å². The number of aromatic amines is 1. The number of pyridine rings is 1. The van der Waals surface area contributed by atoms with Crippen LogP contribution in [0.25, 0.3) is 10.9 Å². The second-order valence-electron chi connectivity index (χ2n) is 3.82. The van der Waals surface area contributed by atoms with E-state index in [0.717, 1.165) is 17.7 Å². The molecule has 0 aliphatic rings. The average molecular weight is 335 g/mol. The molecule has 2 aromatic rings. The minimum atomic E-state index is -0.00475. The van der Waals surface area contributed by atoms with Gasteiger partial charge in [0.25, 0.3) is 0 Å². The quantitative estimate of drug-likeness (QED) is 0.767. The van der Waals surface area contributed by atoms with Crippen LogP contribution in [-0.2, 0) is 6.42 Å². The van der Waals surface area contributed by atoms with Crippen molar-refractivity contribution in [1.29, 1.82) is 0 Å². The van der Waals surface area contributed by atoms with E-state index in [9.17, 15) is 4.79 Å². The van der Waals surface area contributed by atoms with Gasteiger partial charge in [-0.15, -0.1) is 0 Å². The molecule has 1 aromatic heterocycles. The van der Waals surface area contributed by atoms with Crippen molar-refractivity contribution in [3.05, 3.63) is 42.1 Å². The van der Waals surface area contributed by atoms with Gasteiger partial charge in [0.15, 0.2) is 5.43 Å². The Balaban J connectivity index is 3.03. The SMILES string of the molecule is CCc1[nH]c2c(Cl)c(Cl)c(Br)cc2c(=O)c1C. The molecule has 0 saturated heterocycles. The summed E-state index contributed by atoms with van der Waals surface area (Å²) in [6.45, 7) is 3.80. The lowest BCUT2D eigenvalue weighted by Gasteiger charge is -2.09. The minimum absolute atomic E-state index is 0.00475. The summed E-state index contributed by atoms with van der Waals surface area (Å²) < 4.78 is 0.630. The molecule has 0 fully saturated rings. The highest BCUT2D eigenvalue weighted by molar-refractivity contribution is 9.10. The van der Waals surface area contributed by atoms with E-state index >= 15 is 0 Å². The van der Waals surface area contributed by atoms with Gasteiger partial charge >= 0.3 is 0 Å². The highest BCUT2D eigenvalue weighted by atomic mass is 79.9. The van der Waals surface area contributed by atoms with E-state index in [2.05, 4.69) is 20.9 Å². The van der Waals surface area contributed by atoms with Gasteiger partial charge in [0.1, 0.15) is 0 Å². The third-order valence-corrected chi connectivity index (χ3v) is 4.55. The predicted molar refractivity (Wildman–Crippen MR) is 76.4 cm³/mol. The van der Waals surface area contributed by atoms with E-state index in [1.165, 1.54) is 0 Å². The molecule has 90 valence electrons. The molecule has 2 nitrogen and oxygen atoms in total. The Morgan fingerprint density at radius 2 is 2.00 bits per heavy atom. The van der Waals surface area contributed by atoms with Gasteiger partial charge in [-0.05, 0) is 35.3 Å². The molecule has 0 spiro atoms. The van der Waals surface area contributed by atoms with Gasteiger partial charge in [-0.1, -0.05) is 30.1 Å². The molecular formula is C12H10BrCl2NO. The Bertz CT molecular complexity index is 664. The molecule has 0 aliphatic heterocycles. The molecule has 0 bridgehead atoms. The first-order valence-corrected chi connectivity index (χ1v) is 6.71. The lowest BCUT2D eigenvalue weighted by molar-refractivity contribution is 1.02. The summed E-state index contributed by atoms with van der Waals surface area (Å²) in [6, 6.07) is 1.70. The molecule has 1 heterocycles. The largest absolute Gasteiger partial charge is 0.357 e. The molecule has 17 heavy (non-hydrogen) atoms. The maximum absolute atomic E-state index is 12.2. The third kappa shape index (κ3) is 2.01. The van der Waals surface area contributed by atoms with Crippen LogP contribution in [-0.4, -0.2) is 4.98 Å². The van der Waals surface area contributed by atoms with Crippen molar-refractivity contribution < 1.29 is 0 Å². The minimum Gasteiger partial charge on any atom is -0.357 e. The zero-order valence-electron chi connectivity index (χ0n) is 9.33. The normalized spacial score (nSPS) is 11.1. The number of nitrogens with one attached hydrogen (secondary N) is 1. The van der Waals surface area contributed by atoms with Crippen molar-refractivity contribution in [2.45, 2.75) is 20.3 Å². The van der Waals surface area contributed by atoms with Gasteiger partial charge in [0.2, 0.25) is 0 Å². The van der Waals surface area contributed by atoms with Crippen LogP contribution in [0, 0.1) is 6.92 Å². The molecule has 0 saturated carbocycles. The number of rotatable bonds is 1. The second-order valence-corrected chi connectivity index (χ2v) is 5.43. The van der Waals surface area contributed by atoms with Crippen molar-refractivity contribution >= 4 is 50.0 Å². The van der Waals surface area contributed by atoms with Crippen molar-refractivity contribution in [1.82, 2.24) is 4.98 Å². The van der Waals surface area contributed by atoms with Crippen LogP contribution < -0.4 is 5.43 Å². The maximum Gasteiger partial charge on any atom is 0.192 e. The number of aromatic nitrogens is 1. The van der Waals surface area contributed by atoms with E-state index in [1.54, 1.807) is 6.07 Å². The molecule has 5 heteroatoms. The summed E-state index contributed by atoms with van der Waals surface area (Å²) in [6.07, 6.45) is 0.751. The monoisotopic (exact) mass is 333 g/mol. The molecule has 0 atom stereocenters. The summed E-state index contributed by atoms with van der Waals surface area (Å²) in [5, 5.41) is 1.35. The highest BCUT2D eigenvalue weighted by Gasteiger charge is 2.14. The van der Waals surface area contributed by atoms with Crippen LogP contribution in [0.2, 0.25) is 10.0 Å². The Kier molecular flexibility index (Phi) is 3.53. The Morgan fingerprint density at radius 3 is 2.59 bits per heavy atom. The number of hydrogen-bond acceptors (Lipinski definition) is 1. The smallest absolute Gasteiger partial charge is 0.192 e.